The van der Waals surface area contributed by atoms with Crippen molar-refractivity contribution in [3.05, 3.63) is 58.1 Å². The van der Waals surface area contributed by atoms with Crippen LogP contribution in [0.5, 0.6) is 11.5 Å². The predicted molar refractivity (Wildman–Crippen MR) is 122 cm³/mol. The van der Waals surface area contributed by atoms with Gasteiger partial charge in [0.15, 0.2) is 0 Å². The third kappa shape index (κ3) is 4.66. The van der Waals surface area contributed by atoms with E-state index in [-0.39, 0.29) is 34.0 Å². The Kier molecular flexibility index (Phi) is 6.42. The number of likely N-dealkylation sites (N-methyl/N-ethyl adjacent to an activating group) is 1. The van der Waals surface area contributed by atoms with E-state index in [0.717, 1.165) is 44.1 Å². The van der Waals surface area contributed by atoms with Gasteiger partial charge in [-0.25, -0.2) is 0 Å². The number of phenolic OH excluding ortho intramolecular Hbond substituents is 2. The first kappa shape index (κ1) is 21.9. The van der Waals surface area contributed by atoms with Gasteiger partial charge in [0.05, 0.1) is 16.6 Å². The summed E-state index contributed by atoms with van der Waals surface area (Å²) >= 11 is 5.96. The van der Waals surface area contributed by atoms with Crippen LogP contribution in [0.1, 0.15) is 46.8 Å². The second kappa shape index (κ2) is 9.07. The standard InChI is InChI=1S/C24H30ClN3O3/c1-26(2)18-9-11-27(15-18)14-16-5-7-17(8-6-16)21-4-3-10-28(21)24(31)19-12-20(25)23(30)13-22(19)29/h5-8,12-13,18,21,29-30H,3-4,9-11,14-15H2,1-2H3/t18-,21?/m1/s1. The number of carbonyl (C=O) groups excluding carboxylic acids is 1. The van der Waals surface area contributed by atoms with Crippen LogP contribution in [-0.2, 0) is 6.54 Å². The summed E-state index contributed by atoms with van der Waals surface area (Å²) in [5.74, 6) is -0.758. The normalized spacial score (nSPS) is 21.9. The predicted octanol–water partition coefficient (Wildman–Crippen LogP) is 3.86. The van der Waals surface area contributed by atoms with Gasteiger partial charge < -0.3 is 20.0 Å². The van der Waals surface area contributed by atoms with Crippen molar-refractivity contribution < 1.29 is 15.0 Å². The zero-order chi connectivity index (χ0) is 22.1. The highest BCUT2D eigenvalue weighted by atomic mass is 35.5. The Morgan fingerprint density at radius 3 is 2.52 bits per heavy atom. The summed E-state index contributed by atoms with van der Waals surface area (Å²) in [7, 11) is 4.28. The number of benzene rings is 2. The number of hydrogen-bond donors (Lipinski definition) is 2. The van der Waals surface area contributed by atoms with Crippen LogP contribution in [0.25, 0.3) is 0 Å². The zero-order valence-electron chi connectivity index (χ0n) is 18.1. The molecule has 2 saturated heterocycles. The van der Waals surface area contributed by atoms with Crippen LogP contribution >= 0.6 is 11.6 Å². The van der Waals surface area contributed by atoms with Crippen LogP contribution in [0.15, 0.2) is 36.4 Å². The summed E-state index contributed by atoms with van der Waals surface area (Å²) in [5.41, 5.74) is 2.50. The largest absolute Gasteiger partial charge is 0.507 e. The number of aromatic hydroxyl groups is 2. The van der Waals surface area contributed by atoms with Gasteiger partial charge in [0.1, 0.15) is 11.5 Å². The van der Waals surface area contributed by atoms with E-state index in [1.165, 1.54) is 18.1 Å². The molecule has 2 aliphatic heterocycles. The Bertz CT molecular complexity index is 948. The molecule has 2 aromatic carbocycles. The maximum Gasteiger partial charge on any atom is 0.258 e. The lowest BCUT2D eigenvalue weighted by Gasteiger charge is -2.26. The van der Waals surface area contributed by atoms with Gasteiger partial charge in [0, 0.05) is 38.3 Å². The molecule has 6 nitrogen and oxygen atoms in total. The molecule has 166 valence electrons. The molecule has 2 N–H and O–H groups in total. The van der Waals surface area contributed by atoms with Gasteiger partial charge in [-0.3, -0.25) is 9.69 Å². The smallest absolute Gasteiger partial charge is 0.258 e. The highest BCUT2D eigenvalue weighted by Crippen LogP contribution is 2.37. The highest BCUT2D eigenvalue weighted by Gasteiger charge is 2.32. The molecule has 7 heteroatoms. The molecule has 0 aliphatic carbocycles. The van der Waals surface area contributed by atoms with E-state index in [0.29, 0.717) is 12.6 Å². The Morgan fingerprint density at radius 2 is 1.84 bits per heavy atom. The summed E-state index contributed by atoms with van der Waals surface area (Å²) in [4.78, 5) is 19.7. The molecule has 0 bridgehead atoms. The molecule has 31 heavy (non-hydrogen) atoms. The molecule has 0 spiro atoms. The number of amides is 1. The molecule has 1 unspecified atom stereocenters. The van der Waals surface area contributed by atoms with E-state index in [9.17, 15) is 15.0 Å². The van der Waals surface area contributed by atoms with Gasteiger partial charge in [-0.15, -0.1) is 0 Å². The summed E-state index contributed by atoms with van der Waals surface area (Å²) in [6.07, 6.45) is 3.00. The first-order valence-corrected chi connectivity index (χ1v) is 11.2. The van der Waals surface area contributed by atoms with Crippen LogP contribution in [0, 0.1) is 0 Å². The minimum absolute atomic E-state index is 0.0292. The van der Waals surface area contributed by atoms with Crippen LogP contribution in [0.2, 0.25) is 5.02 Å². The Balaban J connectivity index is 1.45. The SMILES string of the molecule is CN(C)[C@@H]1CCN(Cc2ccc(C3CCCN3C(=O)c3cc(Cl)c(O)cc3O)cc2)C1. The monoisotopic (exact) mass is 443 g/mol. The summed E-state index contributed by atoms with van der Waals surface area (Å²) in [5, 5.41) is 19.9. The van der Waals surface area contributed by atoms with Gasteiger partial charge in [0.2, 0.25) is 0 Å². The van der Waals surface area contributed by atoms with E-state index in [2.05, 4.69) is 48.2 Å². The topological polar surface area (TPSA) is 67.2 Å². The molecule has 2 atom stereocenters. The molecule has 2 aromatic rings. The third-order valence-corrected chi connectivity index (χ3v) is 6.86. The number of nitrogens with zero attached hydrogens (tertiary/aromatic N) is 3. The Hall–Kier alpha value is -2.28. The zero-order valence-corrected chi connectivity index (χ0v) is 18.8. The van der Waals surface area contributed by atoms with Crippen molar-refractivity contribution in [1.29, 1.82) is 0 Å². The second-order valence-corrected chi connectivity index (χ2v) is 9.27. The van der Waals surface area contributed by atoms with Crippen molar-refractivity contribution in [1.82, 2.24) is 14.7 Å². The first-order valence-electron chi connectivity index (χ1n) is 10.8. The lowest BCUT2D eigenvalue weighted by molar-refractivity contribution is 0.0732. The van der Waals surface area contributed by atoms with Crippen molar-refractivity contribution in [3.8, 4) is 11.5 Å². The molecular formula is C24H30ClN3O3. The molecule has 0 radical (unpaired) electrons. The number of phenols is 2. The molecule has 0 aromatic heterocycles. The number of rotatable bonds is 5. The molecule has 4 rings (SSSR count). The van der Waals surface area contributed by atoms with Crippen molar-refractivity contribution in [3.63, 3.8) is 0 Å². The first-order chi connectivity index (χ1) is 14.8. The summed E-state index contributed by atoms with van der Waals surface area (Å²) in [6, 6.07) is 11.6. The van der Waals surface area contributed by atoms with Crippen LogP contribution in [0.4, 0.5) is 0 Å². The fourth-order valence-electron chi connectivity index (χ4n) is 4.71. The van der Waals surface area contributed by atoms with E-state index in [4.69, 9.17) is 11.6 Å². The van der Waals surface area contributed by atoms with Gasteiger partial charge in [-0.1, -0.05) is 35.9 Å². The third-order valence-electron chi connectivity index (χ3n) is 6.56. The Morgan fingerprint density at radius 1 is 1.10 bits per heavy atom. The van der Waals surface area contributed by atoms with Gasteiger partial charge >= 0.3 is 0 Å². The average Bonchev–Trinajstić information content (AvgIpc) is 3.41. The lowest BCUT2D eigenvalue weighted by atomic mass is 10.0. The summed E-state index contributed by atoms with van der Waals surface area (Å²) < 4.78 is 0. The maximum absolute atomic E-state index is 13.1. The van der Waals surface area contributed by atoms with Crippen molar-refractivity contribution >= 4 is 17.5 Å². The van der Waals surface area contributed by atoms with Crippen molar-refractivity contribution in [2.75, 3.05) is 33.7 Å². The van der Waals surface area contributed by atoms with Crippen LogP contribution in [0.3, 0.4) is 0 Å². The summed E-state index contributed by atoms with van der Waals surface area (Å²) in [6.45, 7) is 3.78. The van der Waals surface area contributed by atoms with Gasteiger partial charge in [-0.2, -0.15) is 0 Å². The van der Waals surface area contributed by atoms with Gasteiger partial charge in [0.25, 0.3) is 5.91 Å². The number of carbonyl (C=O) groups is 1. The van der Waals surface area contributed by atoms with Crippen molar-refractivity contribution in [2.45, 2.75) is 37.9 Å². The van der Waals surface area contributed by atoms with Crippen molar-refractivity contribution in [2.24, 2.45) is 0 Å². The molecule has 1 amide bonds. The van der Waals surface area contributed by atoms with E-state index in [1.807, 2.05) is 0 Å². The lowest BCUT2D eigenvalue weighted by Crippen LogP contribution is -2.31. The fraction of sp³-hybridized carbons (Fsp3) is 0.458. The minimum atomic E-state index is -0.266. The molecular weight excluding hydrogens is 414 g/mol. The molecule has 2 fully saturated rings. The molecule has 0 saturated carbocycles. The number of hydrogen-bond acceptors (Lipinski definition) is 5. The highest BCUT2D eigenvalue weighted by molar-refractivity contribution is 6.32. The number of likely N-dealkylation sites (tertiary alicyclic amines) is 2. The molecule has 2 heterocycles. The molecule has 2 aliphatic rings. The van der Waals surface area contributed by atoms with E-state index < -0.39 is 0 Å². The van der Waals surface area contributed by atoms with E-state index >= 15 is 0 Å². The van der Waals surface area contributed by atoms with Crippen LogP contribution < -0.4 is 0 Å². The second-order valence-electron chi connectivity index (χ2n) is 8.86. The van der Waals surface area contributed by atoms with Crippen LogP contribution in [-0.4, -0.2) is 70.6 Å². The Labute approximate surface area is 188 Å². The van der Waals surface area contributed by atoms with Gasteiger partial charge in [-0.05, 0) is 50.6 Å². The minimum Gasteiger partial charge on any atom is -0.507 e. The maximum atomic E-state index is 13.1. The fourth-order valence-corrected chi connectivity index (χ4v) is 4.88. The quantitative estimate of drug-likeness (QED) is 0.734. The van der Waals surface area contributed by atoms with E-state index in [1.54, 1.807) is 4.90 Å². The number of halogens is 1. The average molecular weight is 444 g/mol.